The first-order valence-corrected chi connectivity index (χ1v) is 14.6. The molecule has 2 aromatic heterocycles. The molecule has 40 heavy (non-hydrogen) atoms. The van der Waals surface area contributed by atoms with Gasteiger partial charge in [-0.25, -0.2) is 14.3 Å². The summed E-state index contributed by atoms with van der Waals surface area (Å²) in [5.41, 5.74) is 11.0. The van der Waals surface area contributed by atoms with Crippen LogP contribution in [0.1, 0.15) is 95.4 Å². The molecule has 214 valence electrons. The van der Waals surface area contributed by atoms with E-state index in [1.54, 1.807) is 10.8 Å². The fraction of sp³-hybridized carbons (Fsp3) is 0.545. The average Bonchev–Trinajstić information content (AvgIpc) is 3.56. The molecule has 2 aliphatic rings. The van der Waals surface area contributed by atoms with Crippen molar-refractivity contribution in [1.29, 1.82) is 0 Å². The third-order valence-electron chi connectivity index (χ3n) is 8.71. The number of ether oxygens (including phenoxy) is 1. The Hall–Kier alpha value is -3.19. The number of aryl methyl sites for hydroxylation is 2. The van der Waals surface area contributed by atoms with Crippen molar-refractivity contribution in [3.63, 3.8) is 0 Å². The summed E-state index contributed by atoms with van der Waals surface area (Å²) < 4.78 is 7.51. The van der Waals surface area contributed by atoms with Crippen molar-refractivity contribution in [2.45, 2.75) is 110 Å². The number of carbonyl (C=O) groups excluding carboxylic acids is 2. The molecule has 0 spiro atoms. The van der Waals surface area contributed by atoms with Gasteiger partial charge in [-0.2, -0.15) is 0 Å². The second kappa shape index (κ2) is 10.0. The molecule has 1 aromatic carbocycles. The van der Waals surface area contributed by atoms with Gasteiger partial charge in [0.15, 0.2) is 0 Å². The van der Waals surface area contributed by atoms with Crippen molar-refractivity contribution in [3.8, 4) is 11.3 Å². The van der Waals surface area contributed by atoms with Gasteiger partial charge in [-0.15, -0.1) is 0 Å². The fourth-order valence-electron chi connectivity index (χ4n) is 6.72. The monoisotopic (exact) mass is 544 g/mol. The summed E-state index contributed by atoms with van der Waals surface area (Å²) in [7, 11) is 0. The zero-order valence-electron chi connectivity index (χ0n) is 25.3. The minimum Gasteiger partial charge on any atom is -0.443 e. The maximum Gasteiger partial charge on any atom is 0.420 e. The van der Waals surface area contributed by atoms with Crippen molar-refractivity contribution in [3.05, 3.63) is 52.7 Å². The molecule has 2 saturated heterocycles. The van der Waals surface area contributed by atoms with Gasteiger partial charge in [0.25, 0.3) is 0 Å². The number of amides is 1. The van der Waals surface area contributed by atoms with Crippen molar-refractivity contribution in [2.75, 3.05) is 6.54 Å². The van der Waals surface area contributed by atoms with Gasteiger partial charge in [-0.1, -0.05) is 24.1 Å². The van der Waals surface area contributed by atoms with E-state index in [0.717, 1.165) is 64.6 Å². The Morgan fingerprint density at radius 3 is 2.10 bits per heavy atom. The first-order chi connectivity index (χ1) is 18.7. The number of hydrogen-bond acceptors (Lipinski definition) is 5. The van der Waals surface area contributed by atoms with Crippen LogP contribution in [-0.2, 0) is 14.9 Å². The second-order valence-corrected chi connectivity index (χ2v) is 13.5. The van der Waals surface area contributed by atoms with Gasteiger partial charge in [0, 0.05) is 23.7 Å². The number of rotatable bonds is 5. The van der Waals surface area contributed by atoms with Crippen molar-refractivity contribution >= 4 is 23.0 Å². The topological polar surface area (TPSA) is 90.5 Å². The Morgan fingerprint density at radius 2 is 1.57 bits per heavy atom. The molecule has 1 unspecified atom stereocenters. The number of pyridine rings is 1. The van der Waals surface area contributed by atoms with E-state index in [4.69, 9.17) is 15.5 Å². The van der Waals surface area contributed by atoms with Gasteiger partial charge in [0.1, 0.15) is 11.2 Å². The quantitative estimate of drug-likeness (QED) is 0.391. The summed E-state index contributed by atoms with van der Waals surface area (Å²) in [6, 6.07) is 9.06. The lowest BCUT2D eigenvalue weighted by molar-refractivity contribution is -0.137. The zero-order chi connectivity index (χ0) is 29.1. The van der Waals surface area contributed by atoms with Gasteiger partial charge in [-0.05, 0) is 122 Å². The Kier molecular flexibility index (Phi) is 7.10. The van der Waals surface area contributed by atoms with Crippen LogP contribution in [-0.4, -0.2) is 50.7 Å². The maximum atomic E-state index is 14.0. The number of hydrogen-bond donors (Lipinski definition) is 1. The van der Waals surface area contributed by atoms with Crippen LogP contribution in [0, 0.1) is 13.8 Å². The Morgan fingerprint density at radius 1 is 1.00 bits per heavy atom. The molecule has 2 aliphatic heterocycles. The van der Waals surface area contributed by atoms with E-state index in [1.165, 1.54) is 0 Å². The minimum atomic E-state index is -0.760. The van der Waals surface area contributed by atoms with Gasteiger partial charge >= 0.3 is 6.09 Å². The number of fused-ring (bicyclic) bond motifs is 3. The van der Waals surface area contributed by atoms with Crippen molar-refractivity contribution < 1.29 is 14.3 Å². The molecule has 1 atom stereocenters. The number of nitrogens with two attached hydrogens (primary N) is 1. The van der Waals surface area contributed by atoms with Crippen LogP contribution in [0.15, 0.2) is 30.5 Å². The summed E-state index contributed by atoms with van der Waals surface area (Å²) in [6.07, 6.45) is 5.67. The molecule has 4 heterocycles. The Balaban J connectivity index is 1.74. The third-order valence-corrected chi connectivity index (χ3v) is 8.71. The van der Waals surface area contributed by atoms with E-state index in [1.807, 2.05) is 34.6 Å². The van der Waals surface area contributed by atoms with Crippen LogP contribution in [0.4, 0.5) is 4.79 Å². The van der Waals surface area contributed by atoms with Crippen LogP contribution < -0.4 is 5.73 Å². The highest BCUT2D eigenvalue weighted by Crippen LogP contribution is 2.43. The highest BCUT2D eigenvalue weighted by Gasteiger charge is 2.47. The normalized spacial score (nSPS) is 19.9. The van der Waals surface area contributed by atoms with Crippen molar-refractivity contribution in [2.24, 2.45) is 5.73 Å². The number of benzene rings is 1. The molecule has 0 aliphatic carbocycles. The van der Waals surface area contributed by atoms with Gasteiger partial charge in [-0.3, -0.25) is 4.79 Å². The molecule has 7 heteroatoms. The lowest BCUT2D eigenvalue weighted by Crippen LogP contribution is -2.46. The molecule has 3 aromatic rings. The summed E-state index contributed by atoms with van der Waals surface area (Å²) in [6.45, 7) is 16.2. The maximum absolute atomic E-state index is 14.0. The SMILES string of the molecule is Cc1cc(C)cc(-c2c(C(C)CN)c3cc(C(C)(C)C(=O)N4C5CCC4CC5)cnc3n2C(=O)OC(C)(C)C)c1. The van der Waals surface area contributed by atoms with E-state index >= 15 is 0 Å². The average molecular weight is 545 g/mol. The fourth-order valence-corrected chi connectivity index (χ4v) is 6.72. The van der Waals surface area contributed by atoms with Gasteiger partial charge in [0.05, 0.1) is 11.1 Å². The zero-order valence-corrected chi connectivity index (χ0v) is 25.3. The summed E-state index contributed by atoms with van der Waals surface area (Å²) in [5.74, 6) is 0.0977. The smallest absolute Gasteiger partial charge is 0.420 e. The highest BCUT2D eigenvalue weighted by molar-refractivity contribution is 5.99. The largest absolute Gasteiger partial charge is 0.443 e. The molecule has 7 nitrogen and oxygen atoms in total. The summed E-state index contributed by atoms with van der Waals surface area (Å²) >= 11 is 0. The Labute approximate surface area is 238 Å². The molecule has 2 N–H and O–H groups in total. The molecule has 0 saturated carbocycles. The molecule has 2 bridgehead atoms. The molecule has 0 radical (unpaired) electrons. The van der Waals surface area contributed by atoms with E-state index in [0.29, 0.717) is 24.3 Å². The predicted molar refractivity (Wildman–Crippen MR) is 160 cm³/mol. The first kappa shape index (κ1) is 28.3. The minimum absolute atomic E-state index is 0.0627. The molecule has 2 fully saturated rings. The second-order valence-electron chi connectivity index (χ2n) is 13.5. The van der Waals surface area contributed by atoms with E-state index < -0.39 is 17.1 Å². The lowest BCUT2D eigenvalue weighted by atomic mass is 9.83. The summed E-state index contributed by atoms with van der Waals surface area (Å²) in [5, 5.41) is 0.834. The Bertz CT molecular complexity index is 1440. The standard InChI is InChI=1S/C33H44N4O3/c1-19-13-20(2)15-22(14-19)28-27(21(3)17-34)26-16-23(18-35-29(26)37(28)31(39)40-32(4,5)6)33(7,8)30(38)36-24-9-10-25(36)12-11-24/h13-16,18,21,24-25H,9-12,17,34H2,1-8H3. The van der Waals surface area contributed by atoms with Crippen LogP contribution in [0.5, 0.6) is 0 Å². The predicted octanol–water partition coefficient (Wildman–Crippen LogP) is 6.60. The number of aromatic nitrogens is 2. The molecular weight excluding hydrogens is 500 g/mol. The first-order valence-electron chi connectivity index (χ1n) is 14.6. The molecule has 1 amide bonds. The van der Waals surface area contributed by atoms with Crippen LogP contribution in [0.25, 0.3) is 22.3 Å². The van der Waals surface area contributed by atoms with E-state index in [9.17, 15) is 9.59 Å². The summed E-state index contributed by atoms with van der Waals surface area (Å²) in [4.78, 5) is 34.8. The number of carbonyl (C=O) groups is 2. The van der Waals surface area contributed by atoms with Crippen molar-refractivity contribution in [1.82, 2.24) is 14.5 Å². The molecule has 5 rings (SSSR count). The number of nitrogens with zero attached hydrogens (tertiary/aromatic N) is 3. The highest BCUT2D eigenvalue weighted by atomic mass is 16.6. The molecular formula is C33H44N4O3. The van der Waals surface area contributed by atoms with Crippen LogP contribution in [0.2, 0.25) is 0 Å². The van der Waals surface area contributed by atoms with Gasteiger partial charge < -0.3 is 15.4 Å². The van der Waals surface area contributed by atoms with Gasteiger partial charge in [0.2, 0.25) is 5.91 Å². The van der Waals surface area contributed by atoms with Crippen LogP contribution in [0.3, 0.4) is 0 Å². The van der Waals surface area contributed by atoms with Crippen LogP contribution >= 0.6 is 0 Å². The lowest BCUT2D eigenvalue weighted by Gasteiger charge is -2.32. The third kappa shape index (κ3) is 4.83. The van der Waals surface area contributed by atoms with E-state index in [-0.39, 0.29) is 11.8 Å². The van der Waals surface area contributed by atoms with E-state index in [2.05, 4.69) is 49.9 Å².